The molecule has 0 radical (unpaired) electrons. The number of hydrogen-bond acceptors (Lipinski definition) is 4. The molecule has 1 atom stereocenters. The first-order valence-electron chi connectivity index (χ1n) is 7.27. The molecule has 1 aliphatic heterocycles. The predicted molar refractivity (Wildman–Crippen MR) is 77.2 cm³/mol. The molecule has 20 heavy (non-hydrogen) atoms. The van der Waals surface area contributed by atoms with E-state index in [1.165, 1.54) is 0 Å². The number of amides is 1. The van der Waals surface area contributed by atoms with E-state index < -0.39 is 0 Å². The SMILES string of the molecule is CCO[C@H]1CCCN(CC(=O)NCc2cccnc2)C1. The zero-order valence-electron chi connectivity index (χ0n) is 12.0. The van der Waals surface area contributed by atoms with Crippen molar-refractivity contribution in [3.05, 3.63) is 30.1 Å². The third-order valence-corrected chi connectivity index (χ3v) is 3.44. The summed E-state index contributed by atoms with van der Waals surface area (Å²) < 4.78 is 5.64. The molecule has 2 heterocycles. The number of pyridine rings is 1. The molecule has 0 saturated carbocycles. The molecule has 5 heteroatoms. The molecule has 1 N–H and O–H groups in total. The predicted octanol–water partition coefficient (Wildman–Crippen LogP) is 1.20. The second-order valence-electron chi connectivity index (χ2n) is 5.09. The summed E-state index contributed by atoms with van der Waals surface area (Å²) in [4.78, 5) is 18.1. The highest BCUT2D eigenvalue weighted by atomic mass is 16.5. The van der Waals surface area contributed by atoms with Crippen LogP contribution >= 0.6 is 0 Å². The zero-order chi connectivity index (χ0) is 14.2. The van der Waals surface area contributed by atoms with Gasteiger partial charge in [0.25, 0.3) is 0 Å². The number of nitrogens with one attached hydrogen (secondary N) is 1. The van der Waals surface area contributed by atoms with E-state index in [0.717, 1.165) is 38.1 Å². The molecular formula is C15H23N3O2. The minimum absolute atomic E-state index is 0.0611. The Balaban J connectivity index is 1.71. The monoisotopic (exact) mass is 277 g/mol. The van der Waals surface area contributed by atoms with Crippen LogP contribution < -0.4 is 5.32 Å². The molecule has 110 valence electrons. The van der Waals surface area contributed by atoms with E-state index in [0.29, 0.717) is 13.1 Å². The van der Waals surface area contributed by atoms with Crippen molar-refractivity contribution < 1.29 is 9.53 Å². The molecule has 1 aromatic heterocycles. The molecule has 0 unspecified atom stereocenters. The first-order valence-corrected chi connectivity index (χ1v) is 7.27. The standard InChI is InChI=1S/C15H23N3O2/c1-2-20-14-6-4-8-18(11-14)12-15(19)17-10-13-5-3-7-16-9-13/h3,5,7,9,14H,2,4,6,8,10-12H2,1H3,(H,17,19)/t14-/m0/s1. The lowest BCUT2D eigenvalue weighted by molar-refractivity contribution is -0.123. The van der Waals surface area contributed by atoms with Gasteiger partial charge in [-0.05, 0) is 37.9 Å². The fourth-order valence-corrected chi connectivity index (χ4v) is 2.49. The van der Waals surface area contributed by atoms with Crippen LogP contribution in [0.1, 0.15) is 25.3 Å². The van der Waals surface area contributed by atoms with Gasteiger partial charge in [0.1, 0.15) is 0 Å². The molecule has 1 aliphatic rings. The van der Waals surface area contributed by atoms with Gasteiger partial charge in [-0.25, -0.2) is 0 Å². The van der Waals surface area contributed by atoms with Crippen LogP contribution in [0.15, 0.2) is 24.5 Å². The maximum Gasteiger partial charge on any atom is 0.234 e. The fraction of sp³-hybridized carbons (Fsp3) is 0.600. The van der Waals surface area contributed by atoms with Crippen molar-refractivity contribution in [2.24, 2.45) is 0 Å². The van der Waals surface area contributed by atoms with Crippen LogP contribution in [0.2, 0.25) is 0 Å². The molecule has 0 spiro atoms. The van der Waals surface area contributed by atoms with Crippen LogP contribution in [0, 0.1) is 0 Å². The number of piperidine rings is 1. The molecule has 1 aromatic rings. The third-order valence-electron chi connectivity index (χ3n) is 3.44. The molecule has 1 fully saturated rings. The second kappa shape index (κ2) is 7.97. The summed E-state index contributed by atoms with van der Waals surface area (Å²) in [6.45, 7) is 5.57. The first kappa shape index (κ1) is 14.9. The summed E-state index contributed by atoms with van der Waals surface area (Å²) in [5, 5.41) is 2.93. The molecule has 5 nitrogen and oxygen atoms in total. The highest BCUT2D eigenvalue weighted by molar-refractivity contribution is 5.78. The number of aromatic nitrogens is 1. The van der Waals surface area contributed by atoms with Crippen molar-refractivity contribution in [1.82, 2.24) is 15.2 Å². The van der Waals surface area contributed by atoms with Gasteiger partial charge in [-0.1, -0.05) is 6.07 Å². The lowest BCUT2D eigenvalue weighted by Crippen LogP contribution is -2.44. The number of nitrogens with zero attached hydrogens (tertiary/aromatic N) is 2. The van der Waals surface area contributed by atoms with E-state index in [9.17, 15) is 4.79 Å². The van der Waals surface area contributed by atoms with E-state index in [-0.39, 0.29) is 12.0 Å². The van der Waals surface area contributed by atoms with Gasteiger partial charge < -0.3 is 10.1 Å². The topological polar surface area (TPSA) is 54.5 Å². The van der Waals surface area contributed by atoms with Gasteiger partial charge in [-0.3, -0.25) is 14.7 Å². The Morgan fingerprint density at radius 1 is 1.60 bits per heavy atom. The van der Waals surface area contributed by atoms with E-state index in [4.69, 9.17) is 4.74 Å². The quantitative estimate of drug-likeness (QED) is 0.849. The summed E-state index contributed by atoms with van der Waals surface area (Å²) in [5.74, 6) is 0.0611. The van der Waals surface area contributed by atoms with Crippen molar-refractivity contribution >= 4 is 5.91 Å². The van der Waals surface area contributed by atoms with Crippen molar-refractivity contribution in [2.45, 2.75) is 32.4 Å². The Bertz CT molecular complexity index is 409. The number of likely N-dealkylation sites (tertiary alicyclic amines) is 1. The largest absolute Gasteiger partial charge is 0.377 e. The van der Waals surface area contributed by atoms with Crippen molar-refractivity contribution in [2.75, 3.05) is 26.2 Å². The summed E-state index contributed by atoms with van der Waals surface area (Å²) in [7, 11) is 0. The van der Waals surface area contributed by atoms with Gasteiger partial charge in [0.05, 0.1) is 12.6 Å². The minimum atomic E-state index is 0.0611. The van der Waals surface area contributed by atoms with Crippen LogP contribution in [0.5, 0.6) is 0 Å². The number of rotatable bonds is 6. The Labute approximate surface area is 120 Å². The zero-order valence-corrected chi connectivity index (χ0v) is 12.0. The van der Waals surface area contributed by atoms with Crippen molar-refractivity contribution in [1.29, 1.82) is 0 Å². The van der Waals surface area contributed by atoms with Crippen LogP contribution in [-0.4, -0.2) is 48.1 Å². The van der Waals surface area contributed by atoms with E-state index >= 15 is 0 Å². The van der Waals surface area contributed by atoms with E-state index in [1.54, 1.807) is 12.4 Å². The van der Waals surface area contributed by atoms with E-state index in [1.807, 2.05) is 19.1 Å². The molecule has 2 rings (SSSR count). The summed E-state index contributed by atoms with van der Waals surface area (Å²) >= 11 is 0. The molecule has 1 saturated heterocycles. The molecule has 0 bridgehead atoms. The third kappa shape index (κ3) is 4.90. The van der Waals surface area contributed by atoms with Crippen molar-refractivity contribution in [3.8, 4) is 0 Å². The Morgan fingerprint density at radius 3 is 3.25 bits per heavy atom. The minimum Gasteiger partial charge on any atom is -0.377 e. The lowest BCUT2D eigenvalue weighted by Gasteiger charge is -2.31. The lowest BCUT2D eigenvalue weighted by atomic mass is 10.1. The van der Waals surface area contributed by atoms with Crippen molar-refractivity contribution in [3.63, 3.8) is 0 Å². The number of hydrogen-bond donors (Lipinski definition) is 1. The summed E-state index contributed by atoms with van der Waals surface area (Å²) in [6, 6.07) is 3.83. The van der Waals surface area contributed by atoms with Gasteiger partial charge in [-0.15, -0.1) is 0 Å². The number of carbonyl (C=O) groups is 1. The maximum absolute atomic E-state index is 11.9. The van der Waals surface area contributed by atoms with Gasteiger partial charge in [-0.2, -0.15) is 0 Å². The van der Waals surface area contributed by atoms with Gasteiger partial charge >= 0.3 is 0 Å². The average Bonchev–Trinajstić information content (AvgIpc) is 2.47. The molecule has 0 aromatic carbocycles. The number of ether oxygens (including phenoxy) is 1. The fourth-order valence-electron chi connectivity index (χ4n) is 2.49. The van der Waals surface area contributed by atoms with Crippen LogP contribution in [-0.2, 0) is 16.1 Å². The van der Waals surface area contributed by atoms with Crippen LogP contribution in [0.25, 0.3) is 0 Å². The maximum atomic E-state index is 11.9. The van der Waals surface area contributed by atoms with Crippen LogP contribution in [0.4, 0.5) is 0 Å². The van der Waals surface area contributed by atoms with Gasteiger partial charge in [0.2, 0.25) is 5.91 Å². The van der Waals surface area contributed by atoms with Gasteiger partial charge in [0.15, 0.2) is 0 Å². The average molecular weight is 277 g/mol. The summed E-state index contributed by atoms with van der Waals surface area (Å²) in [6.07, 6.45) is 5.97. The van der Waals surface area contributed by atoms with Gasteiger partial charge in [0, 0.05) is 32.1 Å². The van der Waals surface area contributed by atoms with E-state index in [2.05, 4.69) is 15.2 Å². The summed E-state index contributed by atoms with van der Waals surface area (Å²) in [5.41, 5.74) is 1.02. The molecular weight excluding hydrogens is 254 g/mol. The number of carbonyl (C=O) groups excluding carboxylic acids is 1. The second-order valence-corrected chi connectivity index (χ2v) is 5.09. The highest BCUT2D eigenvalue weighted by Crippen LogP contribution is 2.12. The highest BCUT2D eigenvalue weighted by Gasteiger charge is 2.21. The molecule has 0 aliphatic carbocycles. The smallest absolute Gasteiger partial charge is 0.234 e. The molecule has 1 amide bonds. The van der Waals surface area contributed by atoms with Crippen LogP contribution in [0.3, 0.4) is 0 Å². The Morgan fingerprint density at radius 2 is 2.50 bits per heavy atom. The normalized spacial score (nSPS) is 19.8. The Hall–Kier alpha value is -1.46. The Kier molecular flexibility index (Phi) is 5.95. The first-order chi connectivity index (χ1) is 9.78.